The van der Waals surface area contributed by atoms with Gasteiger partial charge >= 0.3 is 0 Å². The molecule has 0 aliphatic rings. The SMILES string of the molecule is NC(=NO)c1ccc(CNCCc2ccccc2)cc1. The lowest BCUT2D eigenvalue weighted by molar-refractivity contribution is 0.318. The lowest BCUT2D eigenvalue weighted by Crippen LogP contribution is -2.17. The van der Waals surface area contributed by atoms with Gasteiger partial charge in [0, 0.05) is 12.1 Å². The topological polar surface area (TPSA) is 70.6 Å². The van der Waals surface area contributed by atoms with E-state index in [9.17, 15) is 0 Å². The molecule has 0 saturated heterocycles. The maximum absolute atomic E-state index is 8.59. The highest BCUT2D eigenvalue weighted by atomic mass is 16.4. The van der Waals surface area contributed by atoms with E-state index in [1.54, 1.807) is 0 Å². The fraction of sp³-hybridized carbons (Fsp3) is 0.188. The summed E-state index contributed by atoms with van der Waals surface area (Å²) in [5.41, 5.74) is 8.75. The van der Waals surface area contributed by atoms with E-state index in [1.807, 2.05) is 30.3 Å². The van der Waals surface area contributed by atoms with Gasteiger partial charge in [-0.15, -0.1) is 0 Å². The van der Waals surface area contributed by atoms with Crippen LogP contribution in [0.4, 0.5) is 0 Å². The van der Waals surface area contributed by atoms with Crippen LogP contribution in [-0.4, -0.2) is 17.6 Å². The van der Waals surface area contributed by atoms with Crippen LogP contribution in [0.5, 0.6) is 0 Å². The smallest absolute Gasteiger partial charge is 0.170 e. The molecule has 4 heteroatoms. The number of nitrogens with two attached hydrogens (primary N) is 1. The number of nitrogens with zero attached hydrogens (tertiary/aromatic N) is 1. The number of amidine groups is 1. The first-order valence-electron chi connectivity index (χ1n) is 6.61. The van der Waals surface area contributed by atoms with Gasteiger partial charge in [-0.1, -0.05) is 59.8 Å². The summed E-state index contributed by atoms with van der Waals surface area (Å²) in [5, 5.41) is 15.0. The molecule has 104 valence electrons. The average molecular weight is 269 g/mol. The Balaban J connectivity index is 1.77. The minimum Gasteiger partial charge on any atom is -0.409 e. The Morgan fingerprint density at radius 1 is 1.00 bits per heavy atom. The van der Waals surface area contributed by atoms with Gasteiger partial charge in [0.15, 0.2) is 5.84 Å². The Morgan fingerprint density at radius 2 is 1.70 bits per heavy atom. The fourth-order valence-electron chi connectivity index (χ4n) is 1.96. The van der Waals surface area contributed by atoms with E-state index < -0.39 is 0 Å². The van der Waals surface area contributed by atoms with Gasteiger partial charge in [0.1, 0.15) is 0 Å². The second-order valence-corrected chi connectivity index (χ2v) is 4.59. The van der Waals surface area contributed by atoms with Gasteiger partial charge in [-0.3, -0.25) is 0 Å². The van der Waals surface area contributed by atoms with Crippen LogP contribution in [-0.2, 0) is 13.0 Å². The van der Waals surface area contributed by atoms with Crippen molar-refractivity contribution in [3.63, 3.8) is 0 Å². The molecular formula is C16H19N3O. The summed E-state index contributed by atoms with van der Waals surface area (Å²) in [6.07, 6.45) is 1.02. The molecule has 2 rings (SSSR count). The van der Waals surface area contributed by atoms with Crippen molar-refractivity contribution >= 4 is 5.84 Å². The van der Waals surface area contributed by atoms with Crippen molar-refractivity contribution in [2.75, 3.05) is 6.54 Å². The summed E-state index contributed by atoms with van der Waals surface area (Å²) >= 11 is 0. The normalized spacial score (nSPS) is 11.5. The van der Waals surface area contributed by atoms with Crippen molar-refractivity contribution in [2.45, 2.75) is 13.0 Å². The van der Waals surface area contributed by atoms with Crippen LogP contribution in [0.25, 0.3) is 0 Å². The van der Waals surface area contributed by atoms with Gasteiger partial charge in [-0.25, -0.2) is 0 Å². The van der Waals surface area contributed by atoms with E-state index in [2.05, 4.69) is 34.7 Å². The molecule has 0 amide bonds. The summed E-state index contributed by atoms with van der Waals surface area (Å²) in [6.45, 7) is 1.75. The average Bonchev–Trinajstić information content (AvgIpc) is 2.52. The first kappa shape index (κ1) is 14.1. The summed E-state index contributed by atoms with van der Waals surface area (Å²) in [7, 11) is 0. The zero-order valence-corrected chi connectivity index (χ0v) is 11.3. The number of nitrogens with one attached hydrogen (secondary N) is 1. The molecule has 4 N–H and O–H groups in total. The highest BCUT2D eigenvalue weighted by molar-refractivity contribution is 5.96. The largest absolute Gasteiger partial charge is 0.409 e. The summed E-state index contributed by atoms with van der Waals surface area (Å²) in [6, 6.07) is 18.1. The van der Waals surface area contributed by atoms with Crippen LogP contribution in [0.3, 0.4) is 0 Å². The van der Waals surface area contributed by atoms with Crippen LogP contribution in [0, 0.1) is 0 Å². The zero-order chi connectivity index (χ0) is 14.2. The van der Waals surface area contributed by atoms with E-state index in [4.69, 9.17) is 10.9 Å². The van der Waals surface area contributed by atoms with Gasteiger partial charge in [0.2, 0.25) is 0 Å². The highest BCUT2D eigenvalue weighted by Gasteiger charge is 1.99. The predicted molar refractivity (Wildman–Crippen MR) is 80.8 cm³/mol. The molecule has 0 fully saturated rings. The highest BCUT2D eigenvalue weighted by Crippen LogP contribution is 2.04. The molecule has 4 nitrogen and oxygen atoms in total. The van der Waals surface area contributed by atoms with Crippen LogP contribution in [0.1, 0.15) is 16.7 Å². The number of rotatable bonds is 6. The second-order valence-electron chi connectivity index (χ2n) is 4.59. The Bertz CT molecular complexity index is 550. The lowest BCUT2D eigenvalue weighted by atomic mass is 10.1. The number of benzene rings is 2. The van der Waals surface area contributed by atoms with Gasteiger partial charge in [-0.2, -0.15) is 0 Å². The standard InChI is InChI=1S/C16H19N3O/c17-16(19-20)15-8-6-14(7-9-15)12-18-11-10-13-4-2-1-3-5-13/h1-9,18,20H,10-12H2,(H2,17,19). The summed E-state index contributed by atoms with van der Waals surface area (Å²) in [4.78, 5) is 0. The van der Waals surface area contributed by atoms with Crippen molar-refractivity contribution in [3.8, 4) is 0 Å². The van der Waals surface area contributed by atoms with E-state index in [0.29, 0.717) is 0 Å². The maximum Gasteiger partial charge on any atom is 0.170 e. The van der Waals surface area contributed by atoms with Gasteiger partial charge in [0.05, 0.1) is 0 Å². The number of hydrogen-bond acceptors (Lipinski definition) is 3. The molecule has 0 radical (unpaired) electrons. The Hall–Kier alpha value is -2.33. The lowest BCUT2D eigenvalue weighted by Gasteiger charge is -2.06. The molecule has 0 aromatic heterocycles. The van der Waals surface area contributed by atoms with Crippen molar-refractivity contribution in [2.24, 2.45) is 10.9 Å². The third-order valence-electron chi connectivity index (χ3n) is 3.12. The van der Waals surface area contributed by atoms with E-state index >= 15 is 0 Å². The number of hydrogen-bond donors (Lipinski definition) is 3. The maximum atomic E-state index is 8.59. The monoisotopic (exact) mass is 269 g/mol. The Kier molecular flexibility index (Phi) is 5.15. The van der Waals surface area contributed by atoms with Crippen LogP contribution in [0.2, 0.25) is 0 Å². The summed E-state index contributed by atoms with van der Waals surface area (Å²) < 4.78 is 0. The molecule has 0 heterocycles. The molecular weight excluding hydrogens is 250 g/mol. The molecule has 0 saturated carbocycles. The van der Waals surface area contributed by atoms with E-state index in [-0.39, 0.29) is 5.84 Å². The van der Waals surface area contributed by atoms with Gasteiger partial charge < -0.3 is 16.3 Å². The molecule has 0 atom stereocenters. The molecule has 2 aromatic rings. The first-order chi connectivity index (χ1) is 9.79. The molecule has 0 aliphatic carbocycles. The molecule has 0 unspecified atom stereocenters. The van der Waals surface area contributed by atoms with E-state index in [0.717, 1.165) is 25.1 Å². The van der Waals surface area contributed by atoms with Crippen LogP contribution < -0.4 is 11.1 Å². The predicted octanol–water partition coefficient (Wildman–Crippen LogP) is 2.11. The quantitative estimate of drug-likeness (QED) is 0.247. The fourth-order valence-corrected chi connectivity index (χ4v) is 1.96. The zero-order valence-electron chi connectivity index (χ0n) is 11.3. The third kappa shape index (κ3) is 4.10. The van der Waals surface area contributed by atoms with Crippen molar-refractivity contribution in [1.29, 1.82) is 0 Å². The van der Waals surface area contributed by atoms with Gasteiger partial charge in [0.25, 0.3) is 0 Å². The van der Waals surface area contributed by atoms with Crippen molar-refractivity contribution in [1.82, 2.24) is 5.32 Å². The van der Waals surface area contributed by atoms with E-state index in [1.165, 1.54) is 11.1 Å². The van der Waals surface area contributed by atoms with Gasteiger partial charge in [-0.05, 0) is 24.1 Å². The second kappa shape index (κ2) is 7.31. The number of oxime groups is 1. The van der Waals surface area contributed by atoms with Crippen LogP contribution >= 0.6 is 0 Å². The molecule has 0 spiro atoms. The minimum absolute atomic E-state index is 0.133. The van der Waals surface area contributed by atoms with Crippen molar-refractivity contribution < 1.29 is 5.21 Å². The van der Waals surface area contributed by atoms with Crippen molar-refractivity contribution in [3.05, 3.63) is 71.3 Å². The summed E-state index contributed by atoms with van der Waals surface area (Å²) in [5.74, 6) is 0.133. The first-order valence-corrected chi connectivity index (χ1v) is 6.61. The Morgan fingerprint density at radius 3 is 2.35 bits per heavy atom. The Labute approximate surface area is 118 Å². The third-order valence-corrected chi connectivity index (χ3v) is 3.12. The minimum atomic E-state index is 0.133. The molecule has 20 heavy (non-hydrogen) atoms. The molecule has 2 aromatic carbocycles. The molecule has 0 aliphatic heterocycles. The van der Waals surface area contributed by atoms with Crippen LogP contribution in [0.15, 0.2) is 59.8 Å². The molecule has 0 bridgehead atoms.